The number of nitrogens with one attached hydrogen (secondary N) is 1. The minimum atomic E-state index is -2.94. The maximum atomic E-state index is 12.4. The molecule has 0 aliphatic rings. The highest BCUT2D eigenvalue weighted by molar-refractivity contribution is 5.94. The molecule has 2 aromatic carbocycles. The summed E-state index contributed by atoms with van der Waals surface area (Å²) >= 11 is 0. The first-order valence-electron chi connectivity index (χ1n) is 7.67. The molecule has 0 aliphatic heterocycles. The fraction of sp³-hybridized carbons (Fsp3) is 0.222. The van der Waals surface area contributed by atoms with E-state index in [1.54, 1.807) is 43.5 Å². The highest BCUT2D eigenvalue weighted by atomic mass is 19.3. The number of benzene rings is 2. The lowest BCUT2D eigenvalue weighted by atomic mass is 10.2. The van der Waals surface area contributed by atoms with E-state index in [1.807, 2.05) is 0 Å². The summed E-state index contributed by atoms with van der Waals surface area (Å²) in [5.74, 6) is 0.219. The second kappa shape index (κ2) is 9.36. The molecule has 0 saturated carbocycles. The number of rotatable bonds is 8. The molecule has 1 atom stereocenters. The number of alkyl halides is 2. The number of anilines is 1. The second-order valence-electron chi connectivity index (χ2n) is 5.12. The number of para-hydroxylation sites is 1. The Morgan fingerprint density at radius 1 is 1.15 bits per heavy atom. The number of carbonyl (C=O) groups excluding carboxylic acids is 1. The van der Waals surface area contributed by atoms with Gasteiger partial charge in [0.2, 0.25) is 6.10 Å². The molecule has 1 N–H and O–H groups in total. The van der Waals surface area contributed by atoms with Crippen molar-refractivity contribution in [1.29, 1.82) is 0 Å². The fourth-order valence-corrected chi connectivity index (χ4v) is 1.94. The van der Waals surface area contributed by atoms with Crippen molar-refractivity contribution in [1.82, 2.24) is 0 Å². The molecule has 0 aliphatic carbocycles. The van der Waals surface area contributed by atoms with Gasteiger partial charge in [-0.2, -0.15) is 8.78 Å². The smallest absolute Gasteiger partial charge is 0.387 e. The van der Waals surface area contributed by atoms with Gasteiger partial charge in [-0.25, -0.2) is 0 Å². The van der Waals surface area contributed by atoms with Gasteiger partial charge in [0, 0.05) is 11.3 Å². The van der Waals surface area contributed by atoms with Gasteiger partial charge in [-0.05, 0) is 43.3 Å². The molecular formula is C18H18F2N2O4. The molecule has 1 amide bonds. The Balaban J connectivity index is 1.91. The van der Waals surface area contributed by atoms with Crippen molar-refractivity contribution in [3.05, 3.63) is 54.1 Å². The molecule has 6 nitrogen and oxygen atoms in total. The standard InChI is InChI=1S/C18H18F2N2O4/c1-12(17(23)22-14-7-9-15(24-2)10-8-14)26-21-11-13-5-3-4-6-16(13)25-18(19)20/h3-12,18H,1-2H3,(H,22,23)/b21-11+. The summed E-state index contributed by atoms with van der Waals surface area (Å²) in [5, 5.41) is 6.33. The summed E-state index contributed by atoms with van der Waals surface area (Å²) in [6, 6.07) is 12.9. The maximum absolute atomic E-state index is 12.4. The molecule has 2 rings (SSSR count). The van der Waals surface area contributed by atoms with Gasteiger partial charge in [0.1, 0.15) is 11.5 Å². The van der Waals surface area contributed by atoms with Crippen molar-refractivity contribution >= 4 is 17.8 Å². The van der Waals surface area contributed by atoms with Gasteiger partial charge in [-0.15, -0.1) is 0 Å². The number of hydrogen-bond acceptors (Lipinski definition) is 5. The Bertz CT molecular complexity index is 751. The molecular weight excluding hydrogens is 346 g/mol. The molecule has 0 saturated heterocycles. The third kappa shape index (κ3) is 5.73. The summed E-state index contributed by atoms with van der Waals surface area (Å²) < 4.78 is 34.1. The number of hydrogen-bond donors (Lipinski definition) is 1. The normalized spacial score (nSPS) is 12.0. The first kappa shape index (κ1) is 19.2. The predicted molar refractivity (Wildman–Crippen MR) is 92.8 cm³/mol. The first-order chi connectivity index (χ1) is 12.5. The van der Waals surface area contributed by atoms with E-state index < -0.39 is 18.6 Å². The fourth-order valence-electron chi connectivity index (χ4n) is 1.94. The average molecular weight is 364 g/mol. The van der Waals surface area contributed by atoms with E-state index >= 15 is 0 Å². The van der Waals surface area contributed by atoms with Crippen LogP contribution in [0.5, 0.6) is 11.5 Å². The van der Waals surface area contributed by atoms with Gasteiger partial charge in [0.15, 0.2) is 0 Å². The molecule has 0 fully saturated rings. The van der Waals surface area contributed by atoms with Crippen molar-refractivity contribution in [3.63, 3.8) is 0 Å². The van der Waals surface area contributed by atoms with E-state index in [2.05, 4.69) is 15.2 Å². The lowest BCUT2D eigenvalue weighted by molar-refractivity contribution is -0.126. The Kier molecular flexibility index (Phi) is 6.90. The van der Waals surface area contributed by atoms with E-state index in [0.717, 1.165) is 0 Å². The van der Waals surface area contributed by atoms with Crippen LogP contribution in [0.4, 0.5) is 14.5 Å². The third-order valence-electron chi connectivity index (χ3n) is 3.27. The van der Waals surface area contributed by atoms with Crippen LogP contribution in [0.3, 0.4) is 0 Å². The van der Waals surface area contributed by atoms with Crippen molar-refractivity contribution in [2.24, 2.45) is 5.16 Å². The van der Waals surface area contributed by atoms with Gasteiger partial charge in [-0.3, -0.25) is 4.79 Å². The third-order valence-corrected chi connectivity index (χ3v) is 3.27. The molecule has 0 radical (unpaired) electrons. The zero-order valence-corrected chi connectivity index (χ0v) is 14.2. The molecule has 0 aromatic heterocycles. The SMILES string of the molecule is COc1ccc(NC(=O)C(C)O/N=C/c2ccccc2OC(F)F)cc1. The monoisotopic (exact) mass is 364 g/mol. The van der Waals surface area contributed by atoms with Crippen LogP contribution in [0.2, 0.25) is 0 Å². The first-order valence-corrected chi connectivity index (χ1v) is 7.67. The minimum absolute atomic E-state index is 0.0369. The van der Waals surface area contributed by atoms with Crippen LogP contribution in [0.1, 0.15) is 12.5 Å². The molecule has 0 spiro atoms. The van der Waals surface area contributed by atoms with Crippen molar-refractivity contribution in [2.75, 3.05) is 12.4 Å². The molecule has 0 bridgehead atoms. The van der Waals surface area contributed by atoms with Gasteiger partial charge in [-0.1, -0.05) is 17.3 Å². The second-order valence-corrected chi connectivity index (χ2v) is 5.12. The van der Waals surface area contributed by atoms with Crippen LogP contribution in [0.25, 0.3) is 0 Å². The lowest BCUT2D eigenvalue weighted by Gasteiger charge is -2.11. The number of amides is 1. The topological polar surface area (TPSA) is 69.2 Å². The number of ether oxygens (including phenoxy) is 2. The Labute approximate surface area is 149 Å². The van der Waals surface area contributed by atoms with Gasteiger partial charge >= 0.3 is 6.61 Å². The van der Waals surface area contributed by atoms with Crippen LogP contribution in [0.15, 0.2) is 53.7 Å². The number of nitrogens with zero attached hydrogens (tertiary/aromatic N) is 1. The van der Waals surface area contributed by atoms with Crippen LogP contribution >= 0.6 is 0 Å². The Hall–Kier alpha value is -3.16. The van der Waals surface area contributed by atoms with Crippen LogP contribution < -0.4 is 14.8 Å². The minimum Gasteiger partial charge on any atom is -0.497 e. The zero-order valence-electron chi connectivity index (χ0n) is 14.2. The quantitative estimate of drug-likeness (QED) is 0.573. The van der Waals surface area contributed by atoms with Crippen molar-refractivity contribution in [2.45, 2.75) is 19.6 Å². The predicted octanol–water partition coefficient (Wildman–Crippen LogP) is 3.67. The van der Waals surface area contributed by atoms with E-state index in [-0.39, 0.29) is 5.75 Å². The molecule has 1 unspecified atom stereocenters. The molecule has 2 aromatic rings. The lowest BCUT2D eigenvalue weighted by Crippen LogP contribution is -2.26. The van der Waals surface area contributed by atoms with E-state index in [4.69, 9.17) is 9.57 Å². The van der Waals surface area contributed by atoms with E-state index in [1.165, 1.54) is 25.3 Å². The summed E-state index contributed by atoms with van der Waals surface area (Å²) in [6.45, 7) is -1.43. The van der Waals surface area contributed by atoms with Crippen LogP contribution in [-0.4, -0.2) is 31.9 Å². The van der Waals surface area contributed by atoms with Gasteiger partial charge < -0.3 is 19.6 Å². The van der Waals surface area contributed by atoms with E-state index in [0.29, 0.717) is 17.0 Å². The van der Waals surface area contributed by atoms with Crippen molar-refractivity contribution < 1.29 is 27.9 Å². The van der Waals surface area contributed by atoms with Crippen molar-refractivity contribution in [3.8, 4) is 11.5 Å². The molecule has 26 heavy (non-hydrogen) atoms. The summed E-state index contributed by atoms with van der Waals surface area (Å²) in [4.78, 5) is 17.1. The highest BCUT2D eigenvalue weighted by Gasteiger charge is 2.14. The summed E-state index contributed by atoms with van der Waals surface area (Å²) in [5.41, 5.74) is 0.876. The average Bonchev–Trinajstić information content (AvgIpc) is 2.63. The zero-order chi connectivity index (χ0) is 18.9. The molecule has 0 heterocycles. The number of oxime groups is 1. The summed E-state index contributed by atoms with van der Waals surface area (Å²) in [7, 11) is 1.55. The molecule has 8 heteroatoms. The van der Waals surface area contributed by atoms with E-state index in [9.17, 15) is 13.6 Å². The van der Waals surface area contributed by atoms with Crippen LogP contribution in [-0.2, 0) is 9.63 Å². The number of methoxy groups -OCH3 is 1. The Morgan fingerprint density at radius 2 is 1.85 bits per heavy atom. The number of carbonyl (C=O) groups is 1. The van der Waals surface area contributed by atoms with Gasteiger partial charge in [0.25, 0.3) is 5.91 Å². The van der Waals surface area contributed by atoms with Gasteiger partial charge in [0.05, 0.1) is 13.3 Å². The molecule has 138 valence electrons. The van der Waals surface area contributed by atoms with Crippen LogP contribution in [0, 0.1) is 0 Å². The Morgan fingerprint density at radius 3 is 2.50 bits per heavy atom. The maximum Gasteiger partial charge on any atom is 0.387 e. The largest absolute Gasteiger partial charge is 0.497 e. The highest BCUT2D eigenvalue weighted by Crippen LogP contribution is 2.18. The summed E-state index contributed by atoms with van der Waals surface area (Å²) in [6.07, 6.45) is 0.311. The number of halogens is 2.